The molecule has 18 heavy (non-hydrogen) atoms. The molecule has 0 aliphatic carbocycles. The van der Waals surface area contributed by atoms with E-state index in [0.29, 0.717) is 15.6 Å². The summed E-state index contributed by atoms with van der Waals surface area (Å²) in [6.45, 7) is 0. The van der Waals surface area contributed by atoms with Crippen molar-refractivity contribution in [2.75, 3.05) is 0 Å². The number of halogens is 2. The van der Waals surface area contributed by atoms with Crippen molar-refractivity contribution in [2.45, 2.75) is 0 Å². The Hall–Kier alpha value is -1.58. The Bertz CT molecular complexity index is 714. The van der Waals surface area contributed by atoms with Crippen LogP contribution in [0.3, 0.4) is 0 Å². The molecule has 3 nitrogen and oxygen atoms in total. The first-order valence-corrected chi connectivity index (χ1v) is 6.15. The van der Waals surface area contributed by atoms with Crippen LogP contribution in [0.15, 0.2) is 36.7 Å². The standard InChI is InChI=1S/C13H9Cl2N3/c1-18-11-5-3-2-4-10(11)17-13(18)12-8(14)6-16-7-9(12)15/h2-7H,1H3. The lowest BCUT2D eigenvalue weighted by atomic mass is 10.2. The van der Waals surface area contributed by atoms with Crippen LogP contribution in [0.2, 0.25) is 10.0 Å². The minimum Gasteiger partial charge on any atom is -0.327 e. The van der Waals surface area contributed by atoms with Gasteiger partial charge in [-0.3, -0.25) is 4.98 Å². The Morgan fingerprint density at radius 2 is 1.72 bits per heavy atom. The maximum absolute atomic E-state index is 6.16. The lowest BCUT2D eigenvalue weighted by molar-refractivity contribution is 0.958. The Morgan fingerprint density at radius 3 is 2.39 bits per heavy atom. The Balaban J connectivity index is 2.36. The van der Waals surface area contributed by atoms with Gasteiger partial charge in [-0.05, 0) is 12.1 Å². The average molecular weight is 278 g/mol. The number of nitrogens with zero attached hydrogens (tertiary/aromatic N) is 3. The molecule has 0 N–H and O–H groups in total. The number of aryl methyl sites for hydroxylation is 1. The fraction of sp³-hybridized carbons (Fsp3) is 0.0769. The summed E-state index contributed by atoms with van der Waals surface area (Å²) in [6, 6.07) is 7.90. The molecule has 3 rings (SSSR count). The van der Waals surface area contributed by atoms with Crippen LogP contribution in [0.25, 0.3) is 22.4 Å². The molecule has 0 fully saturated rings. The summed E-state index contributed by atoms with van der Waals surface area (Å²) in [7, 11) is 1.94. The fourth-order valence-corrected chi connectivity index (χ4v) is 2.53. The first-order valence-electron chi connectivity index (χ1n) is 5.39. The third-order valence-corrected chi connectivity index (χ3v) is 3.44. The first-order chi connectivity index (χ1) is 8.68. The van der Waals surface area contributed by atoms with Crippen LogP contribution in [-0.2, 0) is 7.05 Å². The van der Waals surface area contributed by atoms with Crippen LogP contribution in [-0.4, -0.2) is 14.5 Å². The van der Waals surface area contributed by atoms with E-state index in [4.69, 9.17) is 23.2 Å². The zero-order valence-corrected chi connectivity index (χ0v) is 11.1. The van der Waals surface area contributed by atoms with Crippen molar-refractivity contribution in [1.29, 1.82) is 0 Å². The van der Waals surface area contributed by atoms with Gasteiger partial charge in [0.15, 0.2) is 0 Å². The van der Waals surface area contributed by atoms with Crippen molar-refractivity contribution in [3.63, 3.8) is 0 Å². The molecule has 0 spiro atoms. The van der Waals surface area contributed by atoms with Gasteiger partial charge in [0.05, 0.1) is 26.6 Å². The van der Waals surface area contributed by atoms with Crippen LogP contribution in [0.1, 0.15) is 0 Å². The van der Waals surface area contributed by atoms with Gasteiger partial charge in [-0.1, -0.05) is 35.3 Å². The number of rotatable bonds is 1. The van der Waals surface area contributed by atoms with Crippen molar-refractivity contribution in [1.82, 2.24) is 14.5 Å². The largest absolute Gasteiger partial charge is 0.327 e. The number of aromatic nitrogens is 3. The summed E-state index contributed by atoms with van der Waals surface area (Å²) in [6.07, 6.45) is 3.14. The molecule has 0 saturated heterocycles. The van der Waals surface area contributed by atoms with E-state index in [1.807, 2.05) is 35.9 Å². The molecule has 3 aromatic rings. The maximum atomic E-state index is 6.16. The van der Waals surface area contributed by atoms with Gasteiger partial charge < -0.3 is 4.57 Å². The maximum Gasteiger partial charge on any atom is 0.144 e. The topological polar surface area (TPSA) is 30.7 Å². The molecule has 0 aliphatic rings. The van der Waals surface area contributed by atoms with Crippen molar-refractivity contribution in [2.24, 2.45) is 7.05 Å². The van der Waals surface area contributed by atoms with Crippen molar-refractivity contribution >= 4 is 34.2 Å². The number of hydrogen-bond acceptors (Lipinski definition) is 2. The highest BCUT2D eigenvalue weighted by molar-refractivity contribution is 6.38. The van der Waals surface area contributed by atoms with Gasteiger partial charge in [0.1, 0.15) is 5.82 Å². The third kappa shape index (κ3) is 1.67. The molecule has 2 aromatic heterocycles. The normalized spacial score (nSPS) is 11.1. The number of imidazole rings is 1. The van der Waals surface area contributed by atoms with Gasteiger partial charge in [-0.2, -0.15) is 0 Å². The average Bonchev–Trinajstić information content (AvgIpc) is 2.68. The molecule has 0 aliphatic heterocycles. The molecular weight excluding hydrogens is 269 g/mol. The molecule has 0 atom stereocenters. The Morgan fingerprint density at radius 1 is 1.06 bits per heavy atom. The number of para-hydroxylation sites is 2. The Kier molecular flexibility index (Phi) is 2.73. The molecule has 1 aromatic carbocycles. The molecule has 0 unspecified atom stereocenters. The molecule has 5 heteroatoms. The molecular formula is C13H9Cl2N3. The highest BCUT2D eigenvalue weighted by atomic mass is 35.5. The Labute approximate surface area is 114 Å². The molecule has 0 bridgehead atoms. The molecule has 0 saturated carbocycles. The number of hydrogen-bond donors (Lipinski definition) is 0. The summed E-state index contributed by atoms with van der Waals surface area (Å²) < 4.78 is 1.97. The molecule has 0 radical (unpaired) electrons. The van der Waals surface area contributed by atoms with Gasteiger partial charge in [0.2, 0.25) is 0 Å². The van der Waals surface area contributed by atoms with E-state index in [1.165, 1.54) is 0 Å². The summed E-state index contributed by atoms with van der Waals surface area (Å²) in [4.78, 5) is 8.52. The van der Waals surface area contributed by atoms with Gasteiger partial charge in [0, 0.05) is 19.4 Å². The van der Waals surface area contributed by atoms with E-state index < -0.39 is 0 Å². The molecule has 0 amide bonds. The monoisotopic (exact) mass is 277 g/mol. The summed E-state index contributed by atoms with van der Waals surface area (Å²) in [5.41, 5.74) is 2.67. The smallest absolute Gasteiger partial charge is 0.144 e. The van der Waals surface area contributed by atoms with Gasteiger partial charge in [-0.15, -0.1) is 0 Å². The van der Waals surface area contributed by atoms with Crippen LogP contribution < -0.4 is 0 Å². The minimum absolute atomic E-state index is 0.501. The third-order valence-electron chi connectivity index (χ3n) is 2.86. The quantitative estimate of drug-likeness (QED) is 0.675. The van der Waals surface area contributed by atoms with Crippen molar-refractivity contribution < 1.29 is 0 Å². The predicted molar refractivity (Wildman–Crippen MR) is 74.0 cm³/mol. The second-order valence-corrected chi connectivity index (χ2v) is 4.78. The van der Waals surface area contributed by atoms with Crippen molar-refractivity contribution in [3.8, 4) is 11.4 Å². The van der Waals surface area contributed by atoms with E-state index >= 15 is 0 Å². The SMILES string of the molecule is Cn1c(-c2c(Cl)cncc2Cl)nc2ccccc21. The lowest BCUT2D eigenvalue weighted by Crippen LogP contribution is -1.94. The van der Waals surface area contributed by atoms with Crippen LogP contribution in [0.4, 0.5) is 0 Å². The van der Waals surface area contributed by atoms with Gasteiger partial charge in [-0.25, -0.2) is 4.98 Å². The molecule has 2 heterocycles. The summed E-state index contributed by atoms with van der Waals surface area (Å²) in [5, 5.41) is 1.00. The summed E-state index contributed by atoms with van der Waals surface area (Å²) >= 11 is 12.3. The summed E-state index contributed by atoms with van der Waals surface area (Å²) in [5.74, 6) is 0.744. The first kappa shape index (κ1) is 11.5. The minimum atomic E-state index is 0.501. The van der Waals surface area contributed by atoms with Gasteiger partial charge >= 0.3 is 0 Å². The predicted octanol–water partition coefficient (Wildman–Crippen LogP) is 3.94. The number of fused-ring (bicyclic) bond motifs is 1. The van der Waals surface area contributed by atoms with Crippen LogP contribution >= 0.6 is 23.2 Å². The number of pyridine rings is 1. The van der Waals surface area contributed by atoms with E-state index in [1.54, 1.807) is 12.4 Å². The second kappa shape index (κ2) is 4.26. The highest BCUT2D eigenvalue weighted by Crippen LogP contribution is 2.34. The highest BCUT2D eigenvalue weighted by Gasteiger charge is 2.15. The van der Waals surface area contributed by atoms with Crippen molar-refractivity contribution in [3.05, 3.63) is 46.7 Å². The fourth-order valence-electron chi connectivity index (χ4n) is 1.99. The zero-order chi connectivity index (χ0) is 12.7. The van der Waals surface area contributed by atoms with Crippen LogP contribution in [0.5, 0.6) is 0 Å². The zero-order valence-electron chi connectivity index (χ0n) is 9.56. The van der Waals surface area contributed by atoms with Gasteiger partial charge in [0.25, 0.3) is 0 Å². The van der Waals surface area contributed by atoms with E-state index in [0.717, 1.165) is 16.9 Å². The lowest BCUT2D eigenvalue weighted by Gasteiger charge is -2.06. The van der Waals surface area contributed by atoms with E-state index in [9.17, 15) is 0 Å². The molecule has 90 valence electrons. The second-order valence-electron chi connectivity index (χ2n) is 3.96. The van der Waals surface area contributed by atoms with Crippen LogP contribution in [0, 0.1) is 0 Å². The van der Waals surface area contributed by atoms with E-state index in [-0.39, 0.29) is 0 Å². The van der Waals surface area contributed by atoms with E-state index in [2.05, 4.69) is 9.97 Å². The number of benzene rings is 1.